The van der Waals surface area contributed by atoms with Crippen molar-refractivity contribution >= 4 is 40.2 Å². The van der Waals surface area contributed by atoms with Gasteiger partial charge in [0.1, 0.15) is 5.52 Å². The van der Waals surface area contributed by atoms with E-state index in [1.165, 1.54) is 18.7 Å². The van der Waals surface area contributed by atoms with Crippen molar-refractivity contribution in [1.82, 2.24) is 4.98 Å². The largest absolute Gasteiger partial charge is 0.431 e. The Labute approximate surface area is 143 Å². The van der Waals surface area contributed by atoms with Gasteiger partial charge in [-0.25, -0.2) is 4.98 Å². The Bertz CT molecular complexity index is 854. The van der Waals surface area contributed by atoms with Crippen LogP contribution in [-0.4, -0.2) is 21.9 Å². The molecule has 0 spiro atoms. The van der Waals surface area contributed by atoms with Crippen LogP contribution in [0.15, 0.2) is 58.2 Å². The number of nitrogens with zero attached hydrogens (tertiary/aromatic N) is 1. The molecule has 0 radical (unpaired) electrons. The lowest BCUT2D eigenvalue weighted by Crippen LogP contribution is -2.13. The Hall–Kier alpha value is -2.60. The zero-order chi connectivity index (χ0) is 17.1. The number of carbonyl (C=O) groups excluding carboxylic acids is 2. The molecule has 122 valence electrons. The monoisotopic (exact) mass is 340 g/mol. The topological polar surface area (TPSA) is 72.2 Å². The third kappa shape index (κ3) is 3.65. The highest BCUT2D eigenvalue weighted by Crippen LogP contribution is 2.28. The number of benzene rings is 2. The molecule has 0 bridgehead atoms. The van der Waals surface area contributed by atoms with Gasteiger partial charge in [0.2, 0.25) is 5.91 Å². The summed E-state index contributed by atoms with van der Waals surface area (Å²) in [6.07, 6.45) is 0. The van der Waals surface area contributed by atoms with Gasteiger partial charge in [-0.05, 0) is 43.3 Å². The number of carbonyl (C=O) groups is 2. The highest BCUT2D eigenvalue weighted by atomic mass is 32.2. The summed E-state index contributed by atoms with van der Waals surface area (Å²) in [5.41, 5.74) is 2.73. The Balaban J connectivity index is 1.70. The Kier molecular flexibility index (Phi) is 4.66. The minimum Gasteiger partial charge on any atom is -0.431 e. The summed E-state index contributed by atoms with van der Waals surface area (Å²) in [4.78, 5) is 27.9. The molecule has 5 nitrogen and oxygen atoms in total. The highest BCUT2D eigenvalue weighted by molar-refractivity contribution is 8.00. The van der Waals surface area contributed by atoms with Crippen molar-refractivity contribution in [1.29, 1.82) is 0 Å². The van der Waals surface area contributed by atoms with E-state index in [1.54, 1.807) is 24.3 Å². The number of para-hydroxylation sites is 2. The summed E-state index contributed by atoms with van der Waals surface area (Å²) in [5, 5.41) is 2.82. The van der Waals surface area contributed by atoms with E-state index in [0.29, 0.717) is 22.1 Å². The predicted octanol–water partition coefficient (Wildman–Crippen LogP) is 4.15. The number of Topliss-reactive ketones (excluding diaryl/α,β-unsaturated/α-hetero) is 1. The van der Waals surface area contributed by atoms with Crippen LogP contribution in [0.5, 0.6) is 0 Å². The first-order valence-electron chi connectivity index (χ1n) is 7.47. The van der Waals surface area contributed by atoms with Crippen LogP contribution in [0.2, 0.25) is 0 Å². The fourth-order valence-electron chi connectivity index (χ4n) is 2.26. The van der Waals surface area contributed by atoms with Gasteiger partial charge in [-0.2, -0.15) is 0 Å². The molecule has 3 rings (SSSR count). The molecule has 24 heavy (non-hydrogen) atoms. The minimum atomic E-state index is -0.329. The number of thioether (sulfide) groups is 1. The molecule has 2 aromatic carbocycles. The normalized spacial score (nSPS) is 12.1. The number of fused-ring (bicyclic) bond motifs is 1. The van der Waals surface area contributed by atoms with Crippen LogP contribution in [0.1, 0.15) is 24.2 Å². The first kappa shape index (κ1) is 16.3. The van der Waals surface area contributed by atoms with E-state index in [2.05, 4.69) is 10.3 Å². The summed E-state index contributed by atoms with van der Waals surface area (Å²) < 4.78 is 5.64. The molecule has 1 heterocycles. The fraction of sp³-hybridized carbons (Fsp3) is 0.167. The molecule has 3 aromatic rings. The number of amides is 1. The van der Waals surface area contributed by atoms with Gasteiger partial charge >= 0.3 is 0 Å². The fourth-order valence-corrected chi connectivity index (χ4v) is 3.10. The van der Waals surface area contributed by atoms with Crippen molar-refractivity contribution in [2.45, 2.75) is 24.3 Å². The molecule has 1 aromatic heterocycles. The lowest BCUT2D eigenvalue weighted by atomic mass is 10.1. The zero-order valence-electron chi connectivity index (χ0n) is 13.3. The van der Waals surface area contributed by atoms with Crippen molar-refractivity contribution in [2.24, 2.45) is 0 Å². The van der Waals surface area contributed by atoms with E-state index < -0.39 is 0 Å². The maximum absolute atomic E-state index is 12.5. The maximum Gasteiger partial charge on any atom is 0.257 e. The van der Waals surface area contributed by atoms with Crippen molar-refractivity contribution < 1.29 is 14.0 Å². The lowest BCUT2D eigenvalue weighted by Gasteiger charge is -2.08. The summed E-state index contributed by atoms with van der Waals surface area (Å²) in [6, 6.07) is 14.3. The molecule has 0 aliphatic rings. The number of hydrogen-bond acceptors (Lipinski definition) is 5. The van der Waals surface area contributed by atoms with Gasteiger partial charge in [0, 0.05) is 18.2 Å². The van der Waals surface area contributed by atoms with Gasteiger partial charge in [-0.1, -0.05) is 23.9 Å². The molecule has 1 atom stereocenters. The molecule has 1 unspecified atom stereocenters. The van der Waals surface area contributed by atoms with E-state index >= 15 is 0 Å². The minimum absolute atomic E-state index is 0.0170. The van der Waals surface area contributed by atoms with Crippen LogP contribution < -0.4 is 5.32 Å². The number of oxazole rings is 1. The number of hydrogen-bond donors (Lipinski definition) is 1. The molecular weight excluding hydrogens is 324 g/mol. The van der Waals surface area contributed by atoms with Crippen LogP contribution in [0, 0.1) is 0 Å². The average Bonchev–Trinajstić information content (AvgIpc) is 2.96. The predicted molar refractivity (Wildman–Crippen MR) is 94.4 cm³/mol. The standard InChI is InChI=1S/C18H16N2O3S/c1-11(24-18-20-15-5-3-4-6-16(15)23-18)17(22)13-7-9-14(10-8-13)19-12(2)21/h3-11H,1-2H3,(H,19,21). The molecule has 6 heteroatoms. The molecule has 0 aliphatic heterocycles. The van der Waals surface area contributed by atoms with Crippen LogP contribution in [-0.2, 0) is 4.79 Å². The molecule has 1 amide bonds. The van der Waals surface area contributed by atoms with Crippen LogP contribution in [0.4, 0.5) is 5.69 Å². The third-order valence-corrected chi connectivity index (χ3v) is 4.35. The SMILES string of the molecule is CC(=O)Nc1ccc(C(=O)C(C)Sc2nc3ccccc3o2)cc1. The third-order valence-electron chi connectivity index (χ3n) is 3.41. The van der Waals surface area contributed by atoms with Gasteiger partial charge in [0.15, 0.2) is 11.4 Å². The molecule has 0 fully saturated rings. The van der Waals surface area contributed by atoms with Crippen molar-refractivity contribution in [3.05, 3.63) is 54.1 Å². The van der Waals surface area contributed by atoms with E-state index in [-0.39, 0.29) is 16.9 Å². The van der Waals surface area contributed by atoms with E-state index in [0.717, 1.165) is 5.52 Å². The second kappa shape index (κ2) is 6.88. The number of anilines is 1. The van der Waals surface area contributed by atoms with Gasteiger partial charge in [0.05, 0.1) is 5.25 Å². The first-order chi connectivity index (χ1) is 11.5. The van der Waals surface area contributed by atoms with Gasteiger partial charge in [-0.15, -0.1) is 0 Å². The summed E-state index contributed by atoms with van der Waals surface area (Å²) in [6.45, 7) is 3.27. The summed E-state index contributed by atoms with van der Waals surface area (Å²) >= 11 is 1.29. The van der Waals surface area contributed by atoms with Gasteiger partial charge in [0.25, 0.3) is 5.22 Å². The van der Waals surface area contributed by atoms with Crippen molar-refractivity contribution in [3.8, 4) is 0 Å². The number of nitrogens with one attached hydrogen (secondary N) is 1. The average molecular weight is 340 g/mol. The van der Waals surface area contributed by atoms with Gasteiger partial charge < -0.3 is 9.73 Å². The molecule has 0 saturated carbocycles. The number of aromatic nitrogens is 1. The Morgan fingerprint density at radius 1 is 1.12 bits per heavy atom. The molecule has 1 N–H and O–H groups in total. The smallest absolute Gasteiger partial charge is 0.257 e. The van der Waals surface area contributed by atoms with E-state index in [1.807, 2.05) is 31.2 Å². The Morgan fingerprint density at radius 2 is 1.83 bits per heavy atom. The Morgan fingerprint density at radius 3 is 2.50 bits per heavy atom. The second-order valence-corrected chi connectivity index (χ2v) is 6.62. The number of ketones is 1. The lowest BCUT2D eigenvalue weighted by molar-refractivity contribution is -0.114. The second-order valence-electron chi connectivity index (χ2n) is 5.33. The van der Waals surface area contributed by atoms with E-state index in [4.69, 9.17) is 4.42 Å². The quantitative estimate of drug-likeness (QED) is 0.558. The first-order valence-corrected chi connectivity index (χ1v) is 8.35. The van der Waals surface area contributed by atoms with Crippen molar-refractivity contribution in [2.75, 3.05) is 5.32 Å². The van der Waals surface area contributed by atoms with Crippen LogP contribution >= 0.6 is 11.8 Å². The molecule has 0 aliphatic carbocycles. The van der Waals surface area contributed by atoms with Crippen LogP contribution in [0.3, 0.4) is 0 Å². The maximum atomic E-state index is 12.5. The summed E-state index contributed by atoms with van der Waals surface area (Å²) in [7, 11) is 0. The van der Waals surface area contributed by atoms with Crippen LogP contribution in [0.25, 0.3) is 11.1 Å². The van der Waals surface area contributed by atoms with Gasteiger partial charge in [-0.3, -0.25) is 9.59 Å². The highest BCUT2D eigenvalue weighted by Gasteiger charge is 2.19. The van der Waals surface area contributed by atoms with E-state index in [9.17, 15) is 9.59 Å². The molecular formula is C18H16N2O3S. The summed E-state index contributed by atoms with van der Waals surface area (Å²) in [5.74, 6) is -0.161. The zero-order valence-corrected chi connectivity index (χ0v) is 14.1. The van der Waals surface area contributed by atoms with Crippen molar-refractivity contribution in [3.63, 3.8) is 0 Å². The number of rotatable bonds is 5. The molecule has 0 saturated heterocycles.